The Balaban J connectivity index is 1.88. The standard InChI is InChI=1S/C20H24N6O/c1-13-5-8-15(9-6-13)26-18(11-16(25-26)20(2,3)4)24-19(27)23-14-7-10-17(21)22-12-14/h5-12H,1-4H3,(H2,21,22)(H2,23,24,27). The topological polar surface area (TPSA) is 97.9 Å². The predicted octanol–water partition coefficient (Wildman–Crippen LogP) is 4.10. The van der Waals surface area contributed by atoms with Gasteiger partial charge in [0, 0.05) is 11.5 Å². The number of nitrogen functional groups attached to an aromatic ring is 1. The molecular weight excluding hydrogens is 340 g/mol. The maximum atomic E-state index is 12.4. The number of nitrogens with two attached hydrogens (primary N) is 1. The number of aryl methyl sites for hydroxylation is 1. The van der Waals surface area contributed by atoms with Crippen molar-refractivity contribution < 1.29 is 4.79 Å². The lowest BCUT2D eigenvalue weighted by Gasteiger charge is -2.14. The Kier molecular flexibility index (Phi) is 4.85. The van der Waals surface area contributed by atoms with Crippen LogP contribution in [0.4, 0.5) is 22.1 Å². The zero-order chi connectivity index (χ0) is 19.6. The van der Waals surface area contributed by atoms with E-state index in [4.69, 9.17) is 10.8 Å². The smallest absolute Gasteiger partial charge is 0.324 e. The number of anilines is 3. The summed E-state index contributed by atoms with van der Waals surface area (Å²) in [5, 5.41) is 10.3. The van der Waals surface area contributed by atoms with Crippen molar-refractivity contribution >= 4 is 23.4 Å². The zero-order valence-corrected chi connectivity index (χ0v) is 15.9. The molecule has 140 valence electrons. The zero-order valence-electron chi connectivity index (χ0n) is 15.9. The molecule has 3 rings (SSSR count). The van der Waals surface area contributed by atoms with E-state index >= 15 is 0 Å². The highest BCUT2D eigenvalue weighted by Gasteiger charge is 2.21. The molecule has 2 aromatic heterocycles. The van der Waals surface area contributed by atoms with Gasteiger partial charge in [-0.1, -0.05) is 38.5 Å². The number of carbonyl (C=O) groups is 1. The molecule has 2 heterocycles. The third-order valence-electron chi connectivity index (χ3n) is 4.04. The first-order valence-electron chi connectivity index (χ1n) is 8.69. The number of carbonyl (C=O) groups excluding carboxylic acids is 1. The van der Waals surface area contributed by atoms with Crippen LogP contribution in [0.2, 0.25) is 0 Å². The molecule has 0 fully saturated rings. The van der Waals surface area contributed by atoms with Crippen LogP contribution in [0.25, 0.3) is 5.69 Å². The van der Waals surface area contributed by atoms with Crippen molar-refractivity contribution in [1.82, 2.24) is 14.8 Å². The number of benzene rings is 1. The van der Waals surface area contributed by atoms with Crippen LogP contribution in [0, 0.1) is 6.92 Å². The highest BCUT2D eigenvalue weighted by atomic mass is 16.2. The van der Waals surface area contributed by atoms with Crippen LogP contribution in [0.15, 0.2) is 48.7 Å². The van der Waals surface area contributed by atoms with Gasteiger partial charge in [0.2, 0.25) is 0 Å². The molecule has 27 heavy (non-hydrogen) atoms. The number of amides is 2. The number of aromatic nitrogens is 3. The van der Waals surface area contributed by atoms with Gasteiger partial charge in [-0.25, -0.2) is 14.5 Å². The highest BCUT2D eigenvalue weighted by Crippen LogP contribution is 2.26. The van der Waals surface area contributed by atoms with E-state index in [1.165, 1.54) is 6.20 Å². The molecule has 1 aromatic carbocycles. The molecule has 0 atom stereocenters. The van der Waals surface area contributed by atoms with Gasteiger partial charge in [0.05, 0.1) is 23.3 Å². The summed E-state index contributed by atoms with van der Waals surface area (Å²) in [5.41, 5.74) is 8.89. The van der Waals surface area contributed by atoms with E-state index in [0.29, 0.717) is 17.3 Å². The molecule has 2 amide bonds. The van der Waals surface area contributed by atoms with Crippen LogP contribution < -0.4 is 16.4 Å². The van der Waals surface area contributed by atoms with Gasteiger partial charge in [-0.05, 0) is 31.2 Å². The van der Waals surface area contributed by atoms with Gasteiger partial charge in [-0.3, -0.25) is 5.32 Å². The van der Waals surface area contributed by atoms with Gasteiger partial charge < -0.3 is 11.1 Å². The number of nitrogens with one attached hydrogen (secondary N) is 2. The largest absolute Gasteiger partial charge is 0.384 e. The molecule has 0 saturated heterocycles. The molecule has 0 bridgehead atoms. The number of nitrogens with zero attached hydrogens (tertiary/aromatic N) is 3. The third-order valence-corrected chi connectivity index (χ3v) is 4.04. The molecule has 0 aliphatic rings. The van der Waals surface area contributed by atoms with Crippen molar-refractivity contribution in [2.24, 2.45) is 0 Å². The van der Waals surface area contributed by atoms with Crippen LogP contribution in [-0.2, 0) is 5.41 Å². The monoisotopic (exact) mass is 364 g/mol. The normalized spacial score (nSPS) is 11.3. The number of hydrogen-bond acceptors (Lipinski definition) is 4. The minimum absolute atomic E-state index is 0.149. The van der Waals surface area contributed by atoms with Gasteiger partial charge in [0.1, 0.15) is 11.6 Å². The summed E-state index contributed by atoms with van der Waals surface area (Å²) in [5.74, 6) is 0.984. The maximum Gasteiger partial charge on any atom is 0.324 e. The number of pyridine rings is 1. The van der Waals surface area contributed by atoms with E-state index in [9.17, 15) is 4.79 Å². The summed E-state index contributed by atoms with van der Waals surface area (Å²) < 4.78 is 1.74. The molecule has 0 unspecified atom stereocenters. The van der Waals surface area contributed by atoms with Crippen molar-refractivity contribution in [1.29, 1.82) is 0 Å². The van der Waals surface area contributed by atoms with Crippen LogP contribution in [0.3, 0.4) is 0 Å². The van der Waals surface area contributed by atoms with E-state index in [1.807, 2.05) is 37.3 Å². The van der Waals surface area contributed by atoms with Crippen molar-refractivity contribution in [3.8, 4) is 5.69 Å². The first-order valence-corrected chi connectivity index (χ1v) is 8.69. The summed E-state index contributed by atoms with van der Waals surface area (Å²) in [6, 6.07) is 12.8. The summed E-state index contributed by atoms with van der Waals surface area (Å²) >= 11 is 0. The summed E-state index contributed by atoms with van der Waals surface area (Å²) in [6.07, 6.45) is 1.51. The number of urea groups is 1. The van der Waals surface area contributed by atoms with Gasteiger partial charge in [-0.15, -0.1) is 0 Å². The first-order chi connectivity index (χ1) is 12.7. The van der Waals surface area contributed by atoms with Crippen molar-refractivity contribution in [3.63, 3.8) is 0 Å². The summed E-state index contributed by atoms with van der Waals surface area (Å²) in [7, 11) is 0. The van der Waals surface area contributed by atoms with E-state index in [1.54, 1.807) is 16.8 Å². The summed E-state index contributed by atoms with van der Waals surface area (Å²) in [6.45, 7) is 8.27. The molecule has 3 aromatic rings. The highest BCUT2D eigenvalue weighted by molar-refractivity contribution is 5.99. The Morgan fingerprint density at radius 1 is 1.07 bits per heavy atom. The number of hydrogen-bond donors (Lipinski definition) is 3. The Morgan fingerprint density at radius 3 is 2.37 bits per heavy atom. The van der Waals surface area contributed by atoms with Crippen LogP contribution in [0.5, 0.6) is 0 Å². The molecule has 0 spiro atoms. The van der Waals surface area contributed by atoms with E-state index in [2.05, 4.69) is 36.4 Å². The molecule has 0 aliphatic carbocycles. The van der Waals surface area contributed by atoms with Gasteiger partial charge in [0.15, 0.2) is 0 Å². The number of rotatable bonds is 3. The molecular formula is C20H24N6O. The average molecular weight is 364 g/mol. The summed E-state index contributed by atoms with van der Waals surface area (Å²) in [4.78, 5) is 16.4. The second-order valence-corrected chi connectivity index (χ2v) is 7.46. The molecule has 4 N–H and O–H groups in total. The lowest BCUT2D eigenvalue weighted by Crippen LogP contribution is -2.21. The minimum atomic E-state index is -0.379. The van der Waals surface area contributed by atoms with E-state index < -0.39 is 0 Å². The van der Waals surface area contributed by atoms with Crippen LogP contribution >= 0.6 is 0 Å². The molecule has 0 saturated carbocycles. The van der Waals surface area contributed by atoms with Crippen molar-refractivity contribution in [2.45, 2.75) is 33.1 Å². The molecule has 7 heteroatoms. The fourth-order valence-corrected chi connectivity index (χ4v) is 2.48. The first kappa shape index (κ1) is 18.4. The second-order valence-electron chi connectivity index (χ2n) is 7.46. The van der Waals surface area contributed by atoms with Crippen molar-refractivity contribution in [2.75, 3.05) is 16.4 Å². The lowest BCUT2D eigenvalue weighted by molar-refractivity contribution is 0.262. The Labute approximate surface area is 158 Å². The lowest BCUT2D eigenvalue weighted by atomic mass is 9.92. The Morgan fingerprint density at radius 2 is 1.78 bits per heavy atom. The fourth-order valence-electron chi connectivity index (χ4n) is 2.48. The van der Waals surface area contributed by atoms with Gasteiger partial charge in [-0.2, -0.15) is 5.10 Å². The second kappa shape index (κ2) is 7.11. The van der Waals surface area contributed by atoms with E-state index in [0.717, 1.165) is 16.9 Å². The van der Waals surface area contributed by atoms with E-state index in [-0.39, 0.29) is 11.4 Å². The third kappa shape index (κ3) is 4.44. The van der Waals surface area contributed by atoms with Crippen molar-refractivity contribution in [3.05, 3.63) is 59.9 Å². The van der Waals surface area contributed by atoms with Crippen LogP contribution in [0.1, 0.15) is 32.0 Å². The maximum absolute atomic E-state index is 12.4. The fraction of sp³-hybridized carbons (Fsp3) is 0.250. The minimum Gasteiger partial charge on any atom is -0.384 e. The Hall–Kier alpha value is -3.35. The average Bonchev–Trinajstić information content (AvgIpc) is 3.02. The quantitative estimate of drug-likeness (QED) is 0.652. The molecule has 0 radical (unpaired) electrons. The van der Waals surface area contributed by atoms with Crippen LogP contribution in [-0.4, -0.2) is 20.8 Å². The van der Waals surface area contributed by atoms with Gasteiger partial charge in [0.25, 0.3) is 0 Å². The van der Waals surface area contributed by atoms with Gasteiger partial charge >= 0.3 is 6.03 Å². The SMILES string of the molecule is Cc1ccc(-n2nc(C(C)(C)C)cc2NC(=O)Nc2ccc(N)nc2)cc1. The molecule has 7 nitrogen and oxygen atoms in total. The molecule has 0 aliphatic heterocycles. The predicted molar refractivity (Wildman–Crippen MR) is 108 cm³/mol. The Bertz CT molecular complexity index is 936.